The number of carbonyl (C=O) groups excluding carboxylic acids is 1. The third-order valence-corrected chi connectivity index (χ3v) is 2.74. The summed E-state index contributed by atoms with van der Waals surface area (Å²) in [6, 6.07) is 11.0. The molecule has 92 valence electrons. The summed E-state index contributed by atoms with van der Waals surface area (Å²) in [5, 5.41) is 0. The van der Waals surface area contributed by atoms with Crippen LogP contribution in [0.2, 0.25) is 0 Å². The summed E-state index contributed by atoms with van der Waals surface area (Å²) in [5.74, 6) is 0.682. The van der Waals surface area contributed by atoms with E-state index in [0.29, 0.717) is 11.3 Å². The summed E-state index contributed by atoms with van der Waals surface area (Å²) >= 11 is 0. The predicted molar refractivity (Wildman–Crippen MR) is 69.7 cm³/mol. The van der Waals surface area contributed by atoms with Crippen molar-refractivity contribution in [1.82, 2.24) is 4.98 Å². The third-order valence-electron chi connectivity index (χ3n) is 2.74. The van der Waals surface area contributed by atoms with E-state index in [1.54, 1.807) is 24.5 Å². The number of aromatic nitrogens is 1. The topological polar surface area (TPSA) is 39.2 Å². The van der Waals surface area contributed by atoms with Gasteiger partial charge in [0.1, 0.15) is 17.6 Å². The van der Waals surface area contributed by atoms with Crippen LogP contribution in [0.5, 0.6) is 5.75 Å². The molecule has 0 spiro atoms. The van der Waals surface area contributed by atoms with E-state index in [-0.39, 0.29) is 0 Å². The van der Waals surface area contributed by atoms with Gasteiger partial charge in [0.05, 0.1) is 0 Å². The van der Waals surface area contributed by atoms with E-state index in [0.717, 1.165) is 11.8 Å². The number of nitrogens with zero attached hydrogens (tertiary/aromatic N) is 1. The Balaban J connectivity index is 2.24. The Morgan fingerprint density at radius 3 is 2.56 bits per heavy atom. The number of pyridine rings is 1. The Hall–Kier alpha value is -2.16. The normalized spacial score (nSPS) is 11.0. The van der Waals surface area contributed by atoms with E-state index < -0.39 is 5.60 Å². The van der Waals surface area contributed by atoms with Gasteiger partial charge in [0, 0.05) is 18.0 Å². The Morgan fingerprint density at radius 1 is 1.17 bits per heavy atom. The van der Waals surface area contributed by atoms with Crippen molar-refractivity contribution in [2.45, 2.75) is 19.4 Å². The molecule has 1 heterocycles. The van der Waals surface area contributed by atoms with Crippen molar-refractivity contribution in [2.24, 2.45) is 0 Å². The molecule has 0 fully saturated rings. The first-order valence-corrected chi connectivity index (χ1v) is 5.76. The molecule has 0 saturated heterocycles. The van der Waals surface area contributed by atoms with Gasteiger partial charge in [0.25, 0.3) is 0 Å². The van der Waals surface area contributed by atoms with Gasteiger partial charge in [0.15, 0.2) is 0 Å². The minimum absolute atomic E-state index is 0.468. The zero-order valence-corrected chi connectivity index (χ0v) is 10.5. The van der Waals surface area contributed by atoms with Crippen LogP contribution in [0.15, 0.2) is 48.8 Å². The van der Waals surface area contributed by atoms with Gasteiger partial charge in [-0.1, -0.05) is 12.1 Å². The number of hydrogen-bond donors (Lipinski definition) is 0. The summed E-state index contributed by atoms with van der Waals surface area (Å²) < 4.78 is 5.94. The first kappa shape index (κ1) is 12.3. The summed E-state index contributed by atoms with van der Waals surface area (Å²) in [5.41, 5.74) is 1.18. The van der Waals surface area contributed by atoms with E-state index in [2.05, 4.69) is 4.98 Å². The van der Waals surface area contributed by atoms with E-state index in [9.17, 15) is 4.79 Å². The molecule has 0 amide bonds. The van der Waals surface area contributed by atoms with Crippen molar-refractivity contribution in [2.75, 3.05) is 0 Å². The van der Waals surface area contributed by atoms with Crippen LogP contribution in [-0.4, -0.2) is 11.3 Å². The molecule has 2 rings (SSSR count). The molecule has 0 bridgehead atoms. The van der Waals surface area contributed by atoms with Gasteiger partial charge in [-0.25, -0.2) is 0 Å². The fourth-order valence-electron chi connectivity index (χ4n) is 1.76. The standard InChI is InChI=1S/C15H15NO2/c1-15(2,13-6-8-16-9-7-13)18-14-5-3-4-12(10-14)11-17/h3-11H,1-2H3. The number of benzene rings is 1. The Bertz CT molecular complexity index is 535. The molecular formula is C15H15NO2. The van der Waals surface area contributed by atoms with Gasteiger partial charge in [0.2, 0.25) is 0 Å². The van der Waals surface area contributed by atoms with Gasteiger partial charge >= 0.3 is 0 Å². The zero-order valence-electron chi connectivity index (χ0n) is 10.5. The Morgan fingerprint density at radius 2 is 1.89 bits per heavy atom. The smallest absolute Gasteiger partial charge is 0.150 e. The van der Waals surface area contributed by atoms with Crippen molar-refractivity contribution >= 4 is 6.29 Å². The molecule has 18 heavy (non-hydrogen) atoms. The molecular weight excluding hydrogens is 226 g/mol. The van der Waals surface area contributed by atoms with E-state index >= 15 is 0 Å². The van der Waals surface area contributed by atoms with Crippen molar-refractivity contribution in [3.63, 3.8) is 0 Å². The highest BCUT2D eigenvalue weighted by molar-refractivity contribution is 5.75. The van der Waals surface area contributed by atoms with Crippen LogP contribution in [0.25, 0.3) is 0 Å². The highest BCUT2D eigenvalue weighted by Crippen LogP contribution is 2.27. The number of aldehydes is 1. The molecule has 0 unspecified atom stereocenters. The molecule has 0 N–H and O–H groups in total. The van der Waals surface area contributed by atoms with Crippen molar-refractivity contribution < 1.29 is 9.53 Å². The highest BCUT2D eigenvalue weighted by atomic mass is 16.5. The molecule has 0 aliphatic heterocycles. The first-order valence-electron chi connectivity index (χ1n) is 5.76. The minimum atomic E-state index is -0.468. The monoisotopic (exact) mass is 241 g/mol. The number of hydrogen-bond acceptors (Lipinski definition) is 3. The average molecular weight is 241 g/mol. The van der Waals surface area contributed by atoms with Gasteiger partial charge in [-0.2, -0.15) is 0 Å². The van der Waals surface area contributed by atoms with Gasteiger partial charge < -0.3 is 4.74 Å². The minimum Gasteiger partial charge on any atom is -0.483 e. The number of ether oxygens (including phenoxy) is 1. The van der Waals surface area contributed by atoms with Crippen molar-refractivity contribution in [3.05, 3.63) is 59.9 Å². The summed E-state index contributed by atoms with van der Waals surface area (Å²) in [6.07, 6.45) is 4.29. The lowest BCUT2D eigenvalue weighted by molar-refractivity contribution is 0.107. The molecule has 0 aliphatic rings. The van der Waals surface area contributed by atoms with Crippen LogP contribution < -0.4 is 4.74 Å². The summed E-state index contributed by atoms with van der Waals surface area (Å²) in [7, 11) is 0. The van der Waals surface area contributed by atoms with Crippen LogP contribution in [0.3, 0.4) is 0 Å². The van der Waals surface area contributed by atoms with Crippen LogP contribution in [-0.2, 0) is 5.60 Å². The molecule has 1 aromatic carbocycles. The fraction of sp³-hybridized carbons (Fsp3) is 0.200. The molecule has 0 aliphatic carbocycles. The first-order chi connectivity index (χ1) is 8.62. The maximum absolute atomic E-state index is 10.7. The van der Waals surface area contributed by atoms with Crippen LogP contribution in [0, 0.1) is 0 Å². The molecule has 0 radical (unpaired) electrons. The highest BCUT2D eigenvalue weighted by Gasteiger charge is 2.22. The SMILES string of the molecule is CC(C)(Oc1cccc(C=O)c1)c1ccncc1. The van der Waals surface area contributed by atoms with Gasteiger partial charge in [-0.15, -0.1) is 0 Å². The van der Waals surface area contributed by atoms with Crippen LogP contribution in [0.1, 0.15) is 29.8 Å². The second-order valence-electron chi connectivity index (χ2n) is 4.54. The maximum atomic E-state index is 10.7. The molecule has 1 aromatic heterocycles. The second-order valence-corrected chi connectivity index (χ2v) is 4.54. The fourth-order valence-corrected chi connectivity index (χ4v) is 1.76. The number of carbonyl (C=O) groups is 1. The van der Waals surface area contributed by atoms with E-state index in [1.165, 1.54) is 0 Å². The average Bonchev–Trinajstić information content (AvgIpc) is 2.39. The Kier molecular flexibility index (Phi) is 3.42. The zero-order chi connectivity index (χ0) is 13.0. The Labute approximate surface area is 106 Å². The van der Waals surface area contributed by atoms with E-state index in [1.807, 2.05) is 38.1 Å². The lowest BCUT2D eigenvalue weighted by Crippen LogP contribution is -2.25. The summed E-state index contributed by atoms with van der Waals surface area (Å²) in [6.45, 7) is 3.96. The van der Waals surface area contributed by atoms with Gasteiger partial charge in [-0.3, -0.25) is 9.78 Å². The molecule has 3 nitrogen and oxygen atoms in total. The number of rotatable bonds is 4. The molecule has 2 aromatic rings. The van der Waals surface area contributed by atoms with Gasteiger partial charge in [-0.05, 0) is 43.7 Å². The van der Waals surface area contributed by atoms with Crippen molar-refractivity contribution in [3.8, 4) is 5.75 Å². The summed E-state index contributed by atoms with van der Waals surface area (Å²) in [4.78, 5) is 14.7. The quantitative estimate of drug-likeness (QED) is 0.771. The lowest BCUT2D eigenvalue weighted by Gasteiger charge is -2.27. The largest absolute Gasteiger partial charge is 0.483 e. The molecule has 3 heteroatoms. The van der Waals surface area contributed by atoms with Crippen molar-refractivity contribution in [1.29, 1.82) is 0 Å². The van der Waals surface area contributed by atoms with E-state index in [4.69, 9.17) is 4.74 Å². The predicted octanol–water partition coefficient (Wildman–Crippen LogP) is 3.21. The lowest BCUT2D eigenvalue weighted by atomic mass is 9.99. The maximum Gasteiger partial charge on any atom is 0.150 e. The second kappa shape index (κ2) is 5.00. The third kappa shape index (κ3) is 2.74. The molecule has 0 atom stereocenters. The molecule has 0 saturated carbocycles. The van der Waals surface area contributed by atoms with Crippen LogP contribution >= 0.6 is 0 Å². The van der Waals surface area contributed by atoms with Crippen LogP contribution in [0.4, 0.5) is 0 Å².